The summed E-state index contributed by atoms with van der Waals surface area (Å²) in [5.74, 6) is -0.207. The fourth-order valence-electron chi connectivity index (χ4n) is 0.985. The second-order valence-corrected chi connectivity index (χ2v) is 2.94. The van der Waals surface area contributed by atoms with E-state index in [0.29, 0.717) is 6.42 Å². The SMILES string of the molecule is CCCCCCCC(=O)OC=S. The average Bonchev–Trinajstić information content (AvgIpc) is 2.05. The van der Waals surface area contributed by atoms with Crippen molar-refractivity contribution in [2.24, 2.45) is 0 Å². The fraction of sp³-hybridized carbons (Fsp3) is 0.778. The lowest BCUT2D eigenvalue weighted by Crippen LogP contribution is -2.00. The second-order valence-electron chi connectivity index (χ2n) is 2.75. The van der Waals surface area contributed by atoms with Crippen LogP contribution in [0, 0.1) is 0 Å². The van der Waals surface area contributed by atoms with E-state index >= 15 is 0 Å². The number of esters is 1. The van der Waals surface area contributed by atoms with Gasteiger partial charge in [-0.25, -0.2) is 0 Å². The number of thiocarbonyl (C=S) groups is 1. The maximum absolute atomic E-state index is 10.8. The van der Waals surface area contributed by atoms with E-state index in [-0.39, 0.29) is 5.97 Å². The molecule has 0 spiro atoms. The molecule has 0 aromatic rings. The summed E-state index contributed by atoms with van der Waals surface area (Å²) < 4.78 is 4.50. The summed E-state index contributed by atoms with van der Waals surface area (Å²) in [5, 5.41) is 0. The summed E-state index contributed by atoms with van der Waals surface area (Å²) in [6.45, 7) is 2.17. The quantitative estimate of drug-likeness (QED) is 0.349. The minimum absolute atomic E-state index is 0.207. The molecule has 0 unspecified atom stereocenters. The van der Waals surface area contributed by atoms with Crippen LogP contribution in [0.2, 0.25) is 0 Å². The van der Waals surface area contributed by atoms with Crippen LogP contribution in [0.5, 0.6) is 0 Å². The van der Waals surface area contributed by atoms with Gasteiger partial charge in [0.15, 0.2) is 5.55 Å². The Morgan fingerprint density at radius 3 is 2.58 bits per heavy atom. The number of rotatable bonds is 7. The third-order valence-corrected chi connectivity index (χ3v) is 1.76. The molecule has 0 aromatic heterocycles. The molecule has 3 heteroatoms. The van der Waals surface area contributed by atoms with Crippen molar-refractivity contribution in [3.05, 3.63) is 0 Å². The standard InChI is InChI=1S/C9H16O2S/c1-2-3-4-5-6-7-9(10)11-8-12/h8H,2-7H2,1H3. The zero-order valence-electron chi connectivity index (χ0n) is 7.54. The molecule has 0 heterocycles. The lowest BCUT2D eigenvalue weighted by atomic mass is 10.1. The zero-order valence-corrected chi connectivity index (χ0v) is 8.36. The first-order chi connectivity index (χ1) is 5.81. The van der Waals surface area contributed by atoms with Gasteiger partial charge in [0.2, 0.25) is 0 Å². The molecule has 0 aliphatic carbocycles. The molecule has 0 aromatic carbocycles. The number of carbonyl (C=O) groups excluding carboxylic acids is 1. The van der Waals surface area contributed by atoms with Crippen molar-refractivity contribution < 1.29 is 9.53 Å². The van der Waals surface area contributed by atoms with Crippen LogP contribution in [0.25, 0.3) is 0 Å². The van der Waals surface area contributed by atoms with Crippen LogP contribution in [0.3, 0.4) is 0 Å². The Hall–Kier alpha value is -0.440. The van der Waals surface area contributed by atoms with Crippen molar-refractivity contribution in [3.63, 3.8) is 0 Å². The van der Waals surface area contributed by atoms with E-state index in [1.54, 1.807) is 0 Å². The Morgan fingerprint density at radius 1 is 1.33 bits per heavy atom. The molecule has 2 nitrogen and oxygen atoms in total. The molecule has 0 amide bonds. The lowest BCUT2D eigenvalue weighted by Gasteiger charge is -1.98. The first kappa shape index (κ1) is 11.6. The Kier molecular flexibility index (Phi) is 8.34. The van der Waals surface area contributed by atoms with Gasteiger partial charge in [0, 0.05) is 6.42 Å². The van der Waals surface area contributed by atoms with Gasteiger partial charge in [-0.1, -0.05) is 32.6 Å². The Labute approximate surface area is 79.3 Å². The van der Waals surface area contributed by atoms with Crippen LogP contribution in [0.1, 0.15) is 45.4 Å². The van der Waals surface area contributed by atoms with Gasteiger partial charge < -0.3 is 4.74 Å². The molecule has 0 rings (SSSR count). The molecule has 0 bridgehead atoms. The average molecular weight is 188 g/mol. The molecule has 70 valence electrons. The maximum atomic E-state index is 10.8. The van der Waals surface area contributed by atoms with Gasteiger partial charge in [0.1, 0.15) is 0 Å². The molecular weight excluding hydrogens is 172 g/mol. The molecule has 0 saturated heterocycles. The highest BCUT2D eigenvalue weighted by molar-refractivity contribution is 7.78. The van der Waals surface area contributed by atoms with Gasteiger partial charge in [-0.05, 0) is 18.6 Å². The second kappa shape index (κ2) is 8.65. The Balaban J connectivity index is 3.08. The van der Waals surface area contributed by atoms with E-state index in [1.807, 2.05) is 0 Å². The number of hydrogen-bond acceptors (Lipinski definition) is 3. The molecule has 0 aliphatic heterocycles. The summed E-state index contributed by atoms with van der Waals surface area (Å²) in [4.78, 5) is 10.8. The van der Waals surface area contributed by atoms with E-state index in [2.05, 4.69) is 23.9 Å². The van der Waals surface area contributed by atoms with Crippen LogP contribution in [-0.2, 0) is 9.53 Å². The first-order valence-electron chi connectivity index (χ1n) is 4.44. The van der Waals surface area contributed by atoms with Crippen LogP contribution in [0.4, 0.5) is 0 Å². The van der Waals surface area contributed by atoms with Gasteiger partial charge in [0.25, 0.3) is 0 Å². The maximum Gasteiger partial charge on any atom is 0.311 e. The largest absolute Gasteiger partial charge is 0.423 e. The number of hydrogen-bond donors (Lipinski definition) is 0. The first-order valence-corrected chi connectivity index (χ1v) is 4.91. The molecule has 0 atom stereocenters. The molecule has 0 N–H and O–H groups in total. The van der Waals surface area contributed by atoms with Gasteiger partial charge in [-0.3, -0.25) is 4.79 Å². The van der Waals surface area contributed by atoms with Crippen molar-refractivity contribution in [3.8, 4) is 0 Å². The Bertz CT molecular complexity index is 134. The summed E-state index contributed by atoms with van der Waals surface area (Å²) in [6.07, 6.45) is 6.22. The normalized spacial score (nSPS) is 9.42. The molecule has 0 radical (unpaired) electrons. The summed E-state index contributed by atoms with van der Waals surface area (Å²) in [5.41, 5.74) is 1.02. The summed E-state index contributed by atoms with van der Waals surface area (Å²) in [6, 6.07) is 0. The highest BCUT2D eigenvalue weighted by Gasteiger charge is 1.99. The van der Waals surface area contributed by atoms with Crippen molar-refractivity contribution >= 4 is 23.7 Å². The Morgan fingerprint density at radius 2 is 2.00 bits per heavy atom. The highest BCUT2D eigenvalue weighted by atomic mass is 32.1. The van der Waals surface area contributed by atoms with Crippen molar-refractivity contribution in [2.45, 2.75) is 45.4 Å². The third-order valence-electron chi connectivity index (χ3n) is 1.66. The fourth-order valence-corrected chi connectivity index (χ4v) is 1.09. The minimum atomic E-state index is -0.207. The van der Waals surface area contributed by atoms with Crippen molar-refractivity contribution in [1.82, 2.24) is 0 Å². The van der Waals surface area contributed by atoms with E-state index in [9.17, 15) is 4.79 Å². The predicted octanol–water partition coefficient (Wildman–Crippen LogP) is 2.85. The summed E-state index contributed by atoms with van der Waals surface area (Å²) >= 11 is 4.38. The van der Waals surface area contributed by atoms with Crippen molar-refractivity contribution in [2.75, 3.05) is 0 Å². The number of unbranched alkanes of at least 4 members (excludes halogenated alkanes) is 4. The van der Waals surface area contributed by atoms with Gasteiger partial charge in [0.05, 0.1) is 0 Å². The monoisotopic (exact) mass is 188 g/mol. The van der Waals surface area contributed by atoms with Gasteiger partial charge in [-0.2, -0.15) is 0 Å². The molecular formula is C9H16O2S. The van der Waals surface area contributed by atoms with Gasteiger partial charge >= 0.3 is 5.97 Å². The molecule has 0 fully saturated rings. The molecule has 0 aliphatic rings. The zero-order chi connectivity index (χ0) is 9.23. The summed E-state index contributed by atoms with van der Waals surface area (Å²) in [7, 11) is 0. The lowest BCUT2D eigenvalue weighted by molar-refractivity contribution is -0.135. The van der Waals surface area contributed by atoms with E-state index in [4.69, 9.17) is 0 Å². The molecule has 0 saturated carbocycles. The van der Waals surface area contributed by atoms with Gasteiger partial charge in [-0.15, -0.1) is 0 Å². The predicted molar refractivity (Wildman–Crippen MR) is 53.1 cm³/mol. The van der Waals surface area contributed by atoms with Crippen LogP contribution in [0.15, 0.2) is 0 Å². The topological polar surface area (TPSA) is 26.3 Å². The van der Waals surface area contributed by atoms with E-state index < -0.39 is 0 Å². The van der Waals surface area contributed by atoms with Crippen LogP contribution in [-0.4, -0.2) is 11.5 Å². The third kappa shape index (κ3) is 7.66. The van der Waals surface area contributed by atoms with Crippen LogP contribution >= 0.6 is 12.2 Å². The highest BCUT2D eigenvalue weighted by Crippen LogP contribution is 2.05. The number of carbonyl (C=O) groups is 1. The smallest absolute Gasteiger partial charge is 0.311 e. The van der Waals surface area contributed by atoms with E-state index in [1.165, 1.54) is 19.3 Å². The minimum Gasteiger partial charge on any atom is -0.423 e. The molecule has 12 heavy (non-hydrogen) atoms. The number of ether oxygens (including phenoxy) is 1. The van der Waals surface area contributed by atoms with Crippen molar-refractivity contribution in [1.29, 1.82) is 0 Å². The van der Waals surface area contributed by atoms with Crippen LogP contribution < -0.4 is 0 Å². The van der Waals surface area contributed by atoms with E-state index in [0.717, 1.165) is 18.4 Å².